The highest BCUT2D eigenvalue weighted by atomic mass is 32.2. The molecular weight excluding hydrogens is 278 g/mol. The van der Waals surface area contributed by atoms with Crippen molar-refractivity contribution in [2.75, 3.05) is 11.9 Å². The number of carbonyl (C=O) groups is 1. The normalized spacial score (nSPS) is 22.8. The Morgan fingerprint density at radius 2 is 2.15 bits per heavy atom. The van der Waals surface area contributed by atoms with Crippen LogP contribution in [0.1, 0.15) is 25.3 Å². The molecule has 1 fully saturated rings. The van der Waals surface area contributed by atoms with E-state index in [-0.39, 0.29) is 10.8 Å². The minimum Gasteiger partial charge on any atom is -0.324 e. The number of sulfonamides is 1. The molecule has 1 heterocycles. The van der Waals surface area contributed by atoms with E-state index in [1.54, 1.807) is 19.1 Å². The lowest BCUT2D eigenvalue weighted by atomic mass is 9.99. The first-order valence-electron chi connectivity index (χ1n) is 6.42. The highest BCUT2D eigenvalue weighted by Crippen LogP contribution is 2.23. The van der Waals surface area contributed by atoms with Gasteiger partial charge in [-0.15, -0.1) is 0 Å². The van der Waals surface area contributed by atoms with E-state index < -0.39 is 15.6 Å². The summed E-state index contributed by atoms with van der Waals surface area (Å²) in [5.74, 6) is -0.167. The van der Waals surface area contributed by atoms with Crippen molar-refractivity contribution in [1.82, 2.24) is 5.32 Å². The van der Waals surface area contributed by atoms with Gasteiger partial charge in [0.15, 0.2) is 0 Å². The van der Waals surface area contributed by atoms with Crippen LogP contribution in [0, 0.1) is 6.92 Å². The van der Waals surface area contributed by atoms with Crippen LogP contribution in [0.3, 0.4) is 0 Å². The number of primary sulfonamides is 1. The number of nitrogens with two attached hydrogens (primary N) is 1. The average molecular weight is 297 g/mol. The van der Waals surface area contributed by atoms with Gasteiger partial charge in [0.1, 0.15) is 0 Å². The van der Waals surface area contributed by atoms with Gasteiger partial charge in [-0.25, -0.2) is 13.6 Å². The lowest BCUT2D eigenvalue weighted by molar-refractivity contribution is -0.121. The van der Waals surface area contributed by atoms with E-state index in [9.17, 15) is 13.2 Å². The summed E-state index contributed by atoms with van der Waals surface area (Å²) in [5, 5.41) is 11.0. The molecule has 6 nitrogen and oxygen atoms in total. The molecule has 0 aromatic heterocycles. The second-order valence-corrected chi connectivity index (χ2v) is 6.87. The Kier molecular flexibility index (Phi) is 3.86. The Labute approximate surface area is 118 Å². The smallest absolute Gasteiger partial charge is 0.244 e. The zero-order valence-electron chi connectivity index (χ0n) is 11.6. The van der Waals surface area contributed by atoms with Gasteiger partial charge in [-0.2, -0.15) is 0 Å². The number of carbonyl (C=O) groups excluding carboxylic acids is 1. The molecule has 4 N–H and O–H groups in total. The summed E-state index contributed by atoms with van der Waals surface area (Å²) in [6.07, 6.45) is 1.70. The molecule has 1 saturated heterocycles. The van der Waals surface area contributed by atoms with Crippen LogP contribution in [0.4, 0.5) is 5.69 Å². The van der Waals surface area contributed by atoms with Crippen molar-refractivity contribution in [3.8, 4) is 0 Å². The SMILES string of the molecule is Cc1ccc(NC(=O)C2(C)CCCN2)cc1S(N)(=O)=O. The number of hydrogen-bond donors (Lipinski definition) is 3. The van der Waals surface area contributed by atoms with Crippen molar-refractivity contribution >= 4 is 21.6 Å². The van der Waals surface area contributed by atoms with Gasteiger partial charge in [0.25, 0.3) is 0 Å². The summed E-state index contributed by atoms with van der Waals surface area (Å²) in [6, 6.07) is 4.68. The first kappa shape index (κ1) is 15.0. The monoisotopic (exact) mass is 297 g/mol. The topological polar surface area (TPSA) is 101 Å². The molecule has 1 aliphatic rings. The lowest BCUT2D eigenvalue weighted by Gasteiger charge is -2.23. The van der Waals surface area contributed by atoms with Gasteiger partial charge in [-0.1, -0.05) is 6.07 Å². The molecule has 7 heteroatoms. The van der Waals surface area contributed by atoms with Crippen LogP contribution in [0.15, 0.2) is 23.1 Å². The number of aryl methyl sites for hydroxylation is 1. The molecule has 1 aromatic rings. The fourth-order valence-electron chi connectivity index (χ4n) is 2.34. The van der Waals surface area contributed by atoms with Gasteiger partial charge in [0, 0.05) is 5.69 Å². The largest absolute Gasteiger partial charge is 0.324 e. The molecule has 110 valence electrons. The van der Waals surface area contributed by atoms with Crippen molar-refractivity contribution in [1.29, 1.82) is 0 Å². The molecule has 0 spiro atoms. The minimum absolute atomic E-state index is 0.0276. The molecular formula is C13H19N3O3S. The van der Waals surface area contributed by atoms with E-state index in [0.29, 0.717) is 11.3 Å². The van der Waals surface area contributed by atoms with Gasteiger partial charge in [-0.3, -0.25) is 4.79 Å². The molecule has 1 aromatic carbocycles. The first-order chi connectivity index (χ1) is 9.22. The lowest BCUT2D eigenvalue weighted by Crippen LogP contribution is -2.47. The number of hydrogen-bond acceptors (Lipinski definition) is 4. The minimum atomic E-state index is -3.79. The molecule has 1 atom stereocenters. The number of amides is 1. The van der Waals surface area contributed by atoms with Gasteiger partial charge >= 0.3 is 0 Å². The molecule has 1 unspecified atom stereocenters. The second-order valence-electron chi connectivity index (χ2n) is 5.34. The molecule has 1 amide bonds. The summed E-state index contributed by atoms with van der Waals surface area (Å²) in [5.41, 5.74) is 0.377. The predicted molar refractivity (Wildman–Crippen MR) is 76.8 cm³/mol. The van der Waals surface area contributed by atoms with Gasteiger partial charge in [0.05, 0.1) is 10.4 Å². The summed E-state index contributed by atoms with van der Waals surface area (Å²) < 4.78 is 22.9. The Bertz CT molecular complexity index is 634. The van der Waals surface area contributed by atoms with E-state index >= 15 is 0 Å². The summed E-state index contributed by atoms with van der Waals surface area (Å²) in [6.45, 7) is 4.30. The van der Waals surface area contributed by atoms with Crippen molar-refractivity contribution < 1.29 is 13.2 Å². The maximum Gasteiger partial charge on any atom is 0.244 e. The maximum absolute atomic E-state index is 12.2. The zero-order valence-corrected chi connectivity index (χ0v) is 12.4. The van der Waals surface area contributed by atoms with Gasteiger partial charge in [0.2, 0.25) is 15.9 Å². The third-order valence-corrected chi connectivity index (χ3v) is 4.68. The van der Waals surface area contributed by atoms with Crippen molar-refractivity contribution in [3.05, 3.63) is 23.8 Å². The maximum atomic E-state index is 12.2. The van der Waals surface area contributed by atoms with Crippen LogP contribution >= 0.6 is 0 Å². The molecule has 0 bridgehead atoms. The highest BCUT2D eigenvalue weighted by Gasteiger charge is 2.35. The fourth-order valence-corrected chi connectivity index (χ4v) is 3.15. The Balaban J connectivity index is 2.25. The average Bonchev–Trinajstić information content (AvgIpc) is 2.78. The van der Waals surface area contributed by atoms with Crippen LogP contribution in [0.5, 0.6) is 0 Å². The summed E-state index contributed by atoms with van der Waals surface area (Å²) in [7, 11) is -3.79. The molecule has 1 aliphatic heterocycles. The first-order valence-corrected chi connectivity index (χ1v) is 7.97. The van der Waals surface area contributed by atoms with Crippen molar-refractivity contribution in [2.24, 2.45) is 5.14 Å². The summed E-state index contributed by atoms with van der Waals surface area (Å²) in [4.78, 5) is 12.3. The molecule has 20 heavy (non-hydrogen) atoms. The second kappa shape index (κ2) is 5.16. The van der Waals surface area contributed by atoms with Crippen LogP contribution in [-0.4, -0.2) is 26.4 Å². The Morgan fingerprint density at radius 3 is 2.70 bits per heavy atom. The number of benzene rings is 1. The highest BCUT2D eigenvalue weighted by molar-refractivity contribution is 7.89. The van der Waals surface area contributed by atoms with E-state index in [2.05, 4.69) is 10.6 Å². The van der Waals surface area contributed by atoms with E-state index in [1.807, 2.05) is 6.92 Å². The van der Waals surface area contributed by atoms with Crippen LogP contribution < -0.4 is 15.8 Å². The van der Waals surface area contributed by atoms with E-state index in [4.69, 9.17) is 5.14 Å². The number of rotatable bonds is 3. The molecule has 0 aliphatic carbocycles. The van der Waals surface area contributed by atoms with E-state index in [0.717, 1.165) is 19.4 Å². The number of anilines is 1. The molecule has 0 saturated carbocycles. The third-order valence-electron chi connectivity index (χ3n) is 3.62. The standard InChI is InChI=1S/C13H19N3O3S/c1-9-4-5-10(8-11(9)20(14,18)19)16-12(17)13(2)6-3-7-15-13/h4-5,8,15H,3,6-7H2,1-2H3,(H,16,17)(H2,14,18,19). The van der Waals surface area contributed by atoms with Gasteiger partial charge in [-0.05, 0) is 50.9 Å². The fraction of sp³-hybridized carbons (Fsp3) is 0.462. The van der Waals surface area contributed by atoms with E-state index in [1.165, 1.54) is 6.07 Å². The summed E-state index contributed by atoms with van der Waals surface area (Å²) >= 11 is 0. The predicted octanol–water partition coefficient (Wildman–Crippen LogP) is 0.723. The van der Waals surface area contributed by atoms with Crippen LogP contribution in [-0.2, 0) is 14.8 Å². The Hall–Kier alpha value is -1.44. The third kappa shape index (κ3) is 3.00. The van der Waals surface area contributed by atoms with Crippen LogP contribution in [0.2, 0.25) is 0 Å². The van der Waals surface area contributed by atoms with Gasteiger partial charge < -0.3 is 10.6 Å². The van der Waals surface area contributed by atoms with Crippen molar-refractivity contribution in [3.63, 3.8) is 0 Å². The zero-order chi connectivity index (χ0) is 15.0. The van der Waals surface area contributed by atoms with Crippen molar-refractivity contribution in [2.45, 2.75) is 37.1 Å². The molecule has 2 rings (SSSR count). The molecule has 0 radical (unpaired) electrons. The Morgan fingerprint density at radius 1 is 1.45 bits per heavy atom. The number of nitrogens with one attached hydrogen (secondary N) is 2. The van der Waals surface area contributed by atoms with Crippen LogP contribution in [0.25, 0.3) is 0 Å². The quantitative estimate of drug-likeness (QED) is 0.765.